The highest BCUT2D eigenvalue weighted by molar-refractivity contribution is 5.95. The number of carbonyl (C=O) groups is 1. The van der Waals surface area contributed by atoms with Crippen LogP contribution >= 0.6 is 0 Å². The maximum Gasteiger partial charge on any atom is 0.328 e. The van der Waals surface area contributed by atoms with Crippen molar-refractivity contribution in [3.8, 4) is 5.75 Å². The Kier molecular flexibility index (Phi) is 4.15. The fraction of sp³-hybridized carbons (Fsp3) is 0.0625. The average molecular weight is 272 g/mol. The zero-order chi connectivity index (χ0) is 14.5. The SMILES string of the molecule is COc1ccc(C(=CC(=O)O)c2cccc(F)c2)cc1. The number of aliphatic carboxylic acids is 1. The first-order valence-corrected chi connectivity index (χ1v) is 5.95. The van der Waals surface area contributed by atoms with Crippen molar-refractivity contribution in [3.05, 3.63) is 71.6 Å². The Hall–Kier alpha value is -2.62. The largest absolute Gasteiger partial charge is 0.497 e. The van der Waals surface area contributed by atoms with E-state index >= 15 is 0 Å². The molecule has 0 bridgehead atoms. The number of carboxylic acids is 1. The van der Waals surface area contributed by atoms with Crippen LogP contribution in [0.4, 0.5) is 4.39 Å². The summed E-state index contributed by atoms with van der Waals surface area (Å²) in [6.45, 7) is 0. The number of ether oxygens (including phenoxy) is 1. The second kappa shape index (κ2) is 6.02. The lowest BCUT2D eigenvalue weighted by molar-refractivity contribution is -0.131. The summed E-state index contributed by atoms with van der Waals surface area (Å²) in [4.78, 5) is 11.0. The summed E-state index contributed by atoms with van der Waals surface area (Å²) >= 11 is 0. The lowest BCUT2D eigenvalue weighted by Gasteiger charge is -2.09. The maximum atomic E-state index is 13.3. The van der Waals surface area contributed by atoms with E-state index in [1.54, 1.807) is 43.5 Å². The smallest absolute Gasteiger partial charge is 0.328 e. The molecule has 0 aliphatic carbocycles. The highest BCUT2D eigenvalue weighted by Crippen LogP contribution is 2.25. The van der Waals surface area contributed by atoms with Crippen molar-refractivity contribution in [3.63, 3.8) is 0 Å². The fourth-order valence-electron chi connectivity index (χ4n) is 1.88. The predicted octanol–water partition coefficient (Wildman–Crippen LogP) is 3.35. The number of rotatable bonds is 4. The summed E-state index contributed by atoms with van der Waals surface area (Å²) in [6, 6.07) is 12.8. The van der Waals surface area contributed by atoms with Crippen LogP contribution in [-0.4, -0.2) is 18.2 Å². The molecule has 0 radical (unpaired) electrons. The molecule has 1 N–H and O–H groups in total. The minimum Gasteiger partial charge on any atom is -0.497 e. The van der Waals surface area contributed by atoms with Crippen molar-refractivity contribution in [1.29, 1.82) is 0 Å². The van der Waals surface area contributed by atoms with Crippen molar-refractivity contribution in [2.24, 2.45) is 0 Å². The van der Waals surface area contributed by atoms with Crippen LogP contribution in [0.15, 0.2) is 54.6 Å². The Morgan fingerprint density at radius 3 is 2.40 bits per heavy atom. The van der Waals surface area contributed by atoms with Gasteiger partial charge in [0.2, 0.25) is 0 Å². The van der Waals surface area contributed by atoms with Gasteiger partial charge in [-0.1, -0.05) is 24.3 Å². The minimum atomic E-state index is -1.08. The lowest BCUT2D eigenvalue weighted by Crippen LogP contribution is -1.95. The predicted molar refractivity (Wildman–Crippen MR) is 74.1 cm³/mol. The molecule has 2 aromatic rings. The normalized spacial score (nSPS) is 11.2. The van der Waals surface area contributed by atoms with E-state index in [-0.39, 0.29) is 0 Å². The number of benzene rings is 2. The Balaban J connectivity index is 2.50. The van der Waals surface area contributed by atoms with Crippen molar-refractivity contribution in [2.45, 2.75) is 0 Å². The number of hydrogen-bond acceptors (Lipinski definition) is 2. The van der Waals surface area contributed by atoms with Crippen LogP contribution in [0.25, 0.3) is 5.57 Å². The molecule has 2 rings (SSSR count). The number of hydrogen-bond donors (Lipinski definition) is 1. The summed E-state index contributed by atoms with van der Waals surface area (Å²) in [5.74, 6) is -0.824. The Labute approximate surface area is 115 Å². The van der Waals surface area contributed by atoms with Crippen LogP contribution in [0, 0.1) is 5.82 Å². The molecule has 3 nitrogen and oxygen atoms in total. The molecule has 0 unspecified atom stereocenters. The molecule has 0 atom stereocenters. The summed E-state index contributed by atoms with van der Waals surface area (Å²) in [5, 5.41) is 8.98. The van der Waals surface area contributed by atoms with E-state index in [2.05, 4.69) is 0 Å². The van der Waals surface area contributed by atoms with Crippen molar-refractivity contribution in [1.82, 2.24) is 0 Å². The Morgan fingerprint density at radius 1 is 1.15 bits per heavy atom. The summed E-state index contributed by atoms with van der Waals surface area (Å²) in [7, 11) is 1.55. The molecule has 0 aliphatic rings. The number of carboxylic acid groups (broad SMARTS) is 1. The third kappa shape index (κ3) is 3.23. The summed E-state index contributed by atoms with van der Waals surface area (Å²) in [5.41, 5.74) is 1.64. The number of halogens is 1. The van der Waals surface area contributed by atoms with E-state index in [0.29, 0.717) is 22.4 Å². The van der Waals surface area contributed by atoms with Gasteiger partial charge in [0, 0.05) is 6.08 Å². The van der Waals surface area contributed by atoms with E-state index in [4.69, 9.17) is 9.84 Å². The topological polar surface area (TPSA) is 46.5 Å². The molecule has 0 fully saturated rings. The molecule has 2 aromatic carbocycles. The van der Waals surface area contributed by atoms with Gasteiger partial charge in [0.1, 0.15) is 11.6 Å². The van der Waals surface area contributed by atoms with E-state index in [1.807, 2.05) is 0 Å². The second-order valence-corrected chi connectivity index (χ2v) is 4.14. The molecular formula is C16H13FO3. The molecule has 102 valence electrons. The third-order valence-electron chi connectivity index (χ3n) is 2.80. The highest BCUT2D eigenvalue weighted by atomic mass is 19.1. The van der Waals surface area contributed by atoms with Gasteiger partial charge in [-0.2, -0.15) is 0 Å². The maximum absolute atomic E-state index is 13.3. The van der Waals surface area contributed by atoms with Crippen LogP contribution in [0.3, 0.4) is 0 Å². The fourth-order valence-corrected chi connectivity index (χ4v) is 1.88. The van der Waals surface area contributed by atoms with Crippen molar-refractivity contribution >= 4 is 11.5 Å². The first-order valence-electron chi connectivity index (χ1n) is 5.95. The number of methoxy groups -OCH3 is 1. The first kappa shape index (κ1) is 13.8. The average Bonchev–Trinajstić information content (AvgIpc) is 2.45. The van der Waals surface area contributed by atoms with Crippen LogP contribution in [0.1, 0.15) is 11.1 Å². The van der Waals surface area contributed by atoms with Crippen molar-refractivity contribution < 1.29 is 19.0 Å². The van der Waals surface area contributed by atoms with E-state index < -0.39 is 11.8 Å². The van der Waals surface area contributed by atoms with Crippen LogP contribution in [-0.2, 0) is 4.79 Å². The molecule has 4 heteroatoms. The van der Waals surface area contributed by atoms with Gasteiger partial charge in [-0.3, -0.25) is 0 Å². The van der Waals surface area contributed by atoms with Gasteiger partial charge in [-0.25, -0.2) is 9.18 Å². The highest BCUT2D eigenvalue weighted by Gasteiger charge is 2.08. The lowest BCUT2D eigenvalue weighted by atomic mass is 9.97. The van der Waals surface area contributed by atoms with Crippen LogP contribution in [0.5, 0.6) is 5.75 Å². The van der Waals surface area contributed by atoms with Crippen LogP contribution in [0.2, 0.25) is 0 Å². The summed E-state index contributed by atoms with van der Waals surface area (Å²) in [6.07, 6.45) is 1.07. The van der Waals surface area contributed by atoms with Gasteiger partial charge in [0.25, 0.3) is 0 Å². The van der Waals surface area contributed by atoms with Gasteiger partial charge in [0.15, 0.2) is 0 Å². The molecule has 0 heterocycles. The monoisotopic (exact) mass is 272 g/mol. The standard InChI is InChI=1S/C16H13FO3/c1-20-14-7-5-11(6-8-14)15(10-16(18)19)12-3-2-4-13(17)9-12/h2-10H,1H3,(H,18,19). The quantitative estimate of drug-likeness (QED) is 0.868. The van der Waals surface area contributed by atoms with Gasteiger partial charge in [-0.15, -0.1) is 0 Å². The molecule has 0 aliphatic heterocycles. The first-order chi connectivity index (χ1) is 9.60. The van der Waals surface area contributed by atoms with Crippen LogP contribution < -0.4 is 4.74 Å². The second-order valence-electron chi connectivity index (χ2n) is 4.14. The molecule has 20 heavy (non-hydrogen) atoms. The Bertz CT molecular complexity index is 645. The van der Waals surface area contributed by atoms with E-state index in [1.165, 1.54) is 12.1 Å². The molecule has 0 saturated heterocycles. The summed E-state index contributed by atoms with van der Waals surface area (Å²) < 4.78 is 18.4. The zero-order valence-corrected chi connectivity index (χ0v) is 10.8. The molecule has 0 aromatic heterocycles. The van der Waals surface area contributed by atoms with Gasteiger partial charge >= 0.3 is 5.97 Å². The van der Waals surface area contributed by atoms with Gasteiger partial charge in [0.05, 0.1) is 7.11 Å². The molecule has 0 saturated carbocycles. The third-order valence-corrected chi connectivity index (χ3v) is 2.80. The van der Waals surface area contributed by atoms with E-state index in [9.17, 15) is 9.18 Å². The van der Waals surface area contributed by atoms with Gasteiger partial charge in [-0.05, 0) is 41.0 Å². The Morgan fingerprint density at radius 2 is 1.85 bits per heavy atom. The van der Waals surface area contributed by atoms with E-state index in [0.717, 1.165) is 6.08 Å². The molecule has 0 spiro atoms. The minimum absolute atomic E-state index is 0.410. The van der Waals surface area contributed by atoms with Gasteiger partial charge < -0.3 is 9.84 Å². The molecular weight excluding hydrogens is 259 g/mol. The van der Waals surface area contributed by atoms with Crippen molar-refractivity contribution in [2.75, 3.05) is 7.11 Å². The molecule has 0 amide bonds. The zero-order valence-electron chi connectivity index (χ0n) is 10.8.